The Hall–Kier alpha value is -4.89. The van der Waals surface area contributed by atoms with Crippen molar-refractivity contribution in [1.29, 1.82) is 5.26 Å². The number of amides is 1. The Morgan fingerprint density at radius 1 is 0.912 bits per heavy atom. The Labute approximate surface area is 197 Å². The lowest BCUT2D eigenvalue weighted by Crippen LogP contribution is -2.13. The Bertz CT molecular complexity index is 1360. The Balaban J connectivity index is 1.52. The maximum absolute atomic E-state index is 12.2. The summed E-state index contributed by atoms with van der Waals surface area (Å²) in [5.41, 5.74) is 2.18. The topological polar surface area (TPSA) is 84.2 Å². The second kappa shape index (κ2) is 10.6. The first-order chi connectivity index (χ1) is 16.7. The molecule has 0 radical (unpaired) electrons. The maximum Gasteiger partial charge on any atom is 0.265 e. The lowest BCUT2D eigenvalue weighted by Gasteiger charge is -2.13. The molecule has 0 aliphatic rings. The highest BCUT2D eigenvalue weighted by atomic mass is 16.5. The lowest BCUT2D eigenvalue weighted by molar-refractivity contribution is -0.112. The summed E-state index contributed by atoms with van der Waals surface area (Å²) >= 11 is 0. The van der Waals surface area contributed by atoms with Gasteiger partial charge < -0.3 is 14.8 Å². The van der Waals surface area contributed by atoms with Crippen molar-refractivity contribution in [3.05, 3.63) is 109 Å². The molecule has 0 saturated heterocycles. The van der Waals surface area contributed by atoms with E-state index in [1.54, 1.807) is 31.5 Å². The van der Waals surface area contributed by atoms with Crippen molar-refractivity contribution in [3.8, 4) is 40.2 Å². The number of pyridine rings is 1. The molecule has 0 aliphatic heterocycles. The fourth-order valence-electron chi connectivity index (χ4n) is 3.22. The molecule has 1 amide bonds. The first-order valence-electron chi connectivity index (χ1n) is 10.6. The summed E-state index contributed by atoms with van der Waals surface area (Å²) in [6, 6.07) is 27.9. The van der Waals surface area contributed by atoms with Gasteiger partial charge in [-0.15, -0.1) is 0 Å². The molecule has 6 nitrogen and oxygen atoms in total. The van der Waals surface area contributed by atoms with Crippen LogP contribution in [-0.4, -0.2) is 10.9 Å². The molecule has 166 valence electrons. The van der Waals surface area contributed by atoms with E-state index in [-0.39, 0.29) is 5.57 Å². The SMILES string of the molecule is CC=C(C#N)C(=O)Nc1cccc(-c2cnccc2Oc2ccc(Oc3ccccc3)cc2)c1. The minimum absolute atomic E-state index is 0.0514. The van der Waals surface area contributed by atoms with Crippen LogP contribution in [0, 0.1) is 11.3 Å². The Morgan fingerprint density at radius 2 is 1.62 bits per heavy atom. The summed E-state index contributed by atoms with van der Waals surface area (Å²) in [6.07, 6.45) is 4.83. The van der Waals surface area contributed by atoms with E-state index in [9.17, 15) is 4.79 Å². The van der Waals surface area contributed by atoms with E-state index in [0.717, 1.165) is 16.9 Å². The van der Waals surface area contributed by atoms with Crippen molar-refractivity contribution in [3.63, 3.8) is 0 Å². The van der Waals surface area contributed by atoms with Crippen LogP contribution >= 0.6 is 0 Å². The molecule has 1 heterocycles. The van der Waals surface area contributed by atoms with Gasteiger partial charge in [-0.3, -0.25) is 9.78 Å². The van der Waals surface area contributed by atoms with E-state index in [4.69, 9.17) is 14.7 Å². The quantitative estimate of drug-likeness (QED) is 0.250. The van der Waals surface area contributed by atoms with Gasteiger partial charge in [-0.2, -0.15) is 5.26 Å². The predicted octanol–water partition coefficient (Wildman–Crippen LogP) is 6.74. The zero-order chi connectivity index (χ0) is 23.8. The Morgan fingerprint density at radius 3 is 2.32 bits per heavy atom. The molecule has 0 unspecified atom stereocenters. The van der Waals surface area contributed by atoms with Crippen LogP contribution in [0.1, 0.15) is 6.92 Å². The average Bonchev–Trinajstić information content (AvgIpc) is 2.87. The van der Waals surface area contributed by atoms with Gasteiger partial charge in [0.2, 0.25) is 0 Å². The number of ether oxygens (including phenoxy) is 2. The molecule has 0 aliphatic carbocycles. The zero-order valence-corrected chi connectivity index (χ0v) is 18.4. The van der Waals surface area contributed by atoms with Crippen LogP contribution in [-0.2, 0) is 4.79 Å². The van der Waals surface area contributed by atoms with Crippen LogP contribution in [0.2, 0.25) is 0 Å². The first kappa shape index (κ1) is 22.3. The van der Waals surface area contributed by atoms with Crippen molar-refractivity contribution in [2.45, 2.75) is 6.92 Å². The number of aromatic nitrogens is 1. The highest BCUT2D eigenvalue weighted by Gasteiger charge is 2.11. The van der Waals surface area contributed by atoms with Gasteiger partial charge in [0.15, 0.2) is 0 Å². The number of benzene rings is 3. The third-order valence-corrected chi connectivity index (χ3v) is 4.90. The number of allylic oxidation sites excluding steroid dienone is 1. The smallest absolute Gasteiger partial charge is 0.265 e. The maximum atomic E-state index is 12.2. The molecular weight excluding hydrogens is 426 g/mol. The van der Waals surface area contributed by atoms with Gasteiger partial charge in [0.05, 0.1) is 0 Å². The zero-order valence-electron chi connectivity index (χ0n) is 18.4. The van der Waals surface area contributed by atoms with Crippen LogP contribution in [0.3, 0.4) is 0 Å². The monoisotopic (exact) mass is 447 g/mol. The number of para-hydroxylation sites is 1. The number of anilines is 1. The van der Waals surface area contributed by atoms with E-state index >= 15 is 0 Å². The van der Waals surface area contributed by atoms with E-state index in [0.29, 0.717) is 22.9 Å². The molecule has 1 N–H and O–H groups in total. The second-order valence-electron chi connectivity index (χ2n) is 7.21. The third kappa shape index (κ3) is 5.47. The molecule has 0 spiro atoms. The molecule has 0 atom stereocenters. The lowest BCUT2D eigenvalue weighted by atomic mass is 10.1. The highest BCUT2D eigenvalue weighted by molar-refractivity contribution is 6.06. The number of nitrogens with zero attached hydrogens (tertiary/aromatic N) is 2. The summed E-state index contributed by atoms with van der Waals surface area (Å²) < 4.78 is 12.0. The minimum Gasteiger partial charge on any atom is -0.457 e. The summed E-state index contributed by atoms with van der Waals surface area (Å²) in [5.74, 6) is 2.26. The van der Waals surface area contributed by atoms with Crippen LogP contribution < -0.4 is 14.8 Å². The Kier molecular flexibility index (Phi) is 6.97. The number of carbonyl (C=O) groups excluding carboxylic acids is 1. The van der Waals surface area contributed by atoms with Crippen LogP contribution in [0.15, 0.2) is 109 Å². The third-order valence-electron chi connectivity index (χ3n) is 4.90. The summed E-state index contributed by atoms with van der Waals surface area (Å²) in [4.78, 5) is 16.5. The van der Waals surface area contributed by atoms with Gasteiger partial charge in [0.25, 0.3) is 5.91 Å². The second-order valence-corrected chi connectivity index (χ2v) is 7.21. The van der Waals surface area contributed by atoms with Crippen LogP contribution in [0.4, 0.5) is 5.69 Å². The van der Waals surface area contributed by atoms with Gasteiger partial charge in [-0.1, -0.05) is 36.4 Å². The van der Waals surface area contributed by atoms with Crippen molar-refractivity contribution >= 4 is 11.6 Å². The van der Waals surface area contributed by atoms with Gasteiger partial charge >= 0.3 is 0 Å². The standard InChI is InChI=1S/C28H21N3O3/c1-2-20(18-29)28(32)31-22-8-6-7-21(17-22)26-19-30-16-15-27(26)34-25-13-11-24(12-14-25)33-23-9-4-3-5-10-23/h2-17,19H,1H3,(H,31,32). The van der Waals surface area contributed by atoms with Gasteiger partial charge in [-0.05, 0) is 67.1 Å². The normalized spacial score (nSPS) is 10.8. The van der Waals surface area contributed by atoms with E-state index < -0.39 is 5.91 Å². The first-order valence-corrected chi connectivity index (χ1v) is 10.6. The number of hydrogen-bond acceptors (Lipinski definition) is 5. The highest BCUT2D eigenvalue weighted by Crippen LogP contribution is 2.34. The van der Waals surface area contributed by atoms with Crippen molar-refractivity contribution in [1.82, 2.24) is 4.98 Å². The number of hydrogen-bond donors (Lipinski definition) is 1. The number of nitriles is 1. The molecule has 1 aromatic heterocycles. The van der Waals surface area contributed by atoms with E-state index in [2.05, 4.69) is 10.3 Å². The fraction of sp³-hybridized carbons (Fsp3) is 0.0357. The van der Waals surface area contributed by atoms with Crippen molar-refractivity contribution in [2.75, 3.05) is 5.32 Å². The van der Waals surface area contributed by atoms with Crippen LogP contribution in [0.5, 0.6) is 23.0 Å². The minimum atomic E-state index is -0.456. The molecular formula is C28H21N3O3. The number of carbonyl (C=O) groups is 1. The number of rotatable bonds is 7. The molecule has 0 bridgehead atoms. The summed E-state index contributed by atoms with van der Waals surface area (Å²) in [5, 5.41) is 11.8. The van der Waals surface area contributed by atoms with E-state index in [1.165, 1.54) is 6.08 Å². The predicted molar refractivity (Wildman–Crippen MR) is 131 cm³/mol. The van der Waals surface area contributed by atoms with Crippen molar-refractivity contribution in [2.24, 2.45) is 0 Å². The van der Waals surface area contributed by atoms with Gasteiger partial charge in [-0.25, -0.2) is 0 Å². The summed E-state index contributed by atoms with van der Waals surface area (Å²) in [6.45, 7) is 1.65. The molecule has 0 saturated carbocycles. The molecule has 4 rings (SSSR count). The summed E-state index contributed by atoms with van der Waals surface area (Å²) in [7, 11) is 0. The van der Waals surface area contributed by atoms with Gasteiger partial charge in [0.1, 0.15) is 34.6 Å². The molecule has 4 aromatic rings. The number of nitrogens with one attached hydrogen (secondary N) is 1. The molecule has 3 aromatic carbocycles. The van der Waals surface area contributed by atoms with E-state index in [1.807, 2.05) is 78.9 Å². The van der Waals surface area contributed by atoms with Gasteiger partial charge in [0, 0.05) is 23.6 Å². The fourth-order valence-corrected chi connectivity index (χ4v) is 3.22. The molecule has 0 fully saturated rings. The average molecular weight is 447 g/mol. The van der Waals surface area contributed by atoms with Crippen LogP contribution in [0.25, 0.3) is 11.1 Å². The molecule has 6 heteroatoms. The largest absolute Gasteiger partial charge is 0.457 e. The van der Waals surface area contributed by atoms with Crippen molar-refractivity contribution < 1.29 is 14.3 Å². The molecule has 34 heavy (non-hydrogen) atoms.